The molecule has 1 aliphatic rings. The third-order valence-corrected chi connectivity index (χ3v) is 4.71. The van der Waals surface area contributed by atoms with Crippen molar-refractivity contribution in [3.05, 3.63) is 63.1 Å². The van der Waals surface area contributed by atoms with Crippen molar-refractivity contribution in [3.8, 4) is 5.75 Å². The molecule has 0 aliphatic heterocycles. The van der Waals surface area contributed by atoms with Crippen LogP contribution in [-0.2, 0) is 18.4 Å². The first-order chi connectivity index (χ1) is 10.0. The molecule has 0 fully saturated rings. The van der Waals surface area contributed by atoms with Crippen molar-refractivity contribution >= 4 is 23.2 Å². The van der Waals surface area contributed by atoms with Crippen molar-refractivity contribution < 1.29 is 9.84 Å². The van der Waals surface area contributed by atoms with E-state index in [-0.39, 0.29) is 0 Å². The highest BCUT2D eigenvalue weighted by atomic mass is 35.5. The second-order valence-corrected chi connectivity index (χ2v) is 6.31. The molecule has 21 heavy (non-hydrogen) atoms. The minimum atomic E-state index is -0.901. The largest absolute Gasteiger partial charge is 0.497 e. The summed E-state index contributed by atoms with van der Waals surface area (Å²) in [6, 6.07) is 11.3. The Hall–Kier alpha value is -1.22. The van der Waals surface area contributed by atoms with Gasteiger partial charge in [-0.15, -0.1) is 0 Å². The van der Waals surface area contributed by atoms with Crippen LogP contribution in [0.4, 0.5) is 0 Å². The molecule has 110 valence electrons. The van der Waals surface area contributed by atoms with Crippen LogP contribution in [0.15, 0.2) is 36.4 Å². The van der Waals surface area contributed by atoms with Gasteiger partial charge < -0.3 is 9.84 Å². The van der Waals surface area contributed by atoms with Gasteiger partial charge in [0.1, 0.15) is 5.75 Å². The molecule has 1 atom stereocenters. The summed E-state index contributed by atoms with van der Waals surface area (Å²) >= 11 is 12.2. The SMILES string of the molecule is COc1ccc2c(c1)C(O)(Cc1ccc(Cl)cc1Cl)CC2. The lowest BCUT2D eigenvalue weighted by Gasteiger charge is -2.25. The molecule has 3 rings (SSSR count). The first-order valence-electron chi connectivity index (χ1n) is 6.85. The number of ether oxygens (including phenoxy) is 1. The Labute approximate surface area is 134 Å². The Kier molecular flexibility index (Phi) is 3.87. The molecule has 0 saturated carbocycles. The average molecular weight is 323 g/mol. The molecule has 0 bridgehead atoms. The lowest BCUT2D eigenvalue weighted by molar-refractivity contribution is 0.0388. The highest BCUT2D eigenvalue weighted by Crippen LogP contribution is 2.42. The normalized spacial score (nSPS) is 20.4. The van der Waals surface area contributed by atoms with Gasteiger partial charge in [0.25, 0.3) is 0 Å². The topological polar surface area (TPSA) is 29.5 Å². The highest BCUT2D eigenvalue weighted by Gasteiger charge is 2.37. The Bertz CT molecular complexity index is 684. The van der Waals surface area contributed by atoms with E-state index in [0.29, 0.717) is 22.9 Å². The van der Waals surface area contributed by atoms with Crippen LogP contribution in [0.3, 0.4) is 0 Å². The number of aryl methyl sites for hydroxylation is 1. The highest BCUT2D eigenvalue weighted by molar-refractivity contribution is 6.35. The first kappa shape index (κ1) is 14.7. The zero-order valence-corrected chi connectivity index (χ0v) is 13.2. The lowest BCUT2D eigenvalue weighted by Crippen LogP contribution is -2.25. The van der Waals surface area contributed by atoms with E-state index in [0.717, 1.165) is 23.3 Å². The van der Waals surface area contributed by atoms with Gasteiger partial charge >= 0.3 is 0 Å². The lowest BCUT2D eigenvalue weighted by atomic mass is 9.88. The van der Waals surface area contributed by atoms with Gasteiger partial charge in [-0.3, -0.25) is 0 Å². The monoisotopic (exact) mass is 322 g/mol. The van der Waals surface area contributed by atoms with Crippen molar-refractivity contribution in [1.29, 1.82) is 0 Å². The molecule has 0 saturated heterocycles. The quantitative estimate of drug-likeness (QED) is 0.908. The summed E-state index contributed by atoms with van der Waals surface area (Å²) in [5, 5.41) is 12.3. The van der Waals surface area contributed by atoms with E-state index >= 15 is 0 Å². The second-order valence-electron chi connectivity index (χ2n) is 5.47. The van der Waals surface area contributed by atoms with Gasteiger partial charge in [0.15, 0.2) is 0 Å². The number of halogens is 2. The summed E-state index contributed by atoms with van der Waals surface area (Å²) in [5.74, 6) is 0.760. The molecular formula is C17H16Cl2O2. The van der Waals surface area contributed by atoms with Crippen LogP contribution >= 0.6 is 23.2 Å². The van der Waals surface area contributed by atoms with Crippen LogP contribution in [0.5, 0.6) is 5.75 Å². The van der Waals surface area contributed by atoms with E-state index in [1.165, 1.54) is 5.56 Å². The van der Waals surface area contributed by atoms with E-state index in [1.54, 1.807) is 19.2 Å². The number of rotatable bonds is 3. The van der Waals surface area contributed by atoms with Crippen LogP contribution in [0.1, 0.15) is 23.1 Å². The van der Waals surface area contributed by atoms with Crippen LogP contribution in [0, 0.1) is 0 Å². The van der Waals surface area contributed by atoms with Crippen molar-refractivity contribution in [2.75, 3.05) is 7.11 Å². The van der Waals surface area contributed by atoms with Gasteiger partial charge in [-0.05, 0) is 53.8 Å². The summed E-state index contributed by atoms with van der Waals surface area (Å²) in [6.07, 6.45) is 2.03. The molecule has 2 aromatic rings. The van der Waals surface area contributed by atoms with Gasteiger partial charge in [0, 0.05) is 16.5 Å². The number of hydrogen-bond donors (Lipinski definition) is 1. The molecule has 0 radical (unpaired) electrons. The van der Waals surface area contributed by atoms with Gasteiger partial charge in [-0.1, -0.05) is 35.3 Å². The summed E-state index contributed by atoms with van der Waals surface area (Å²) in [6.45, 7) is 0. The van der Waals surface area contributed by atoms with Gasteiger partial charge in [-0.25, -0.2) is 0 Å². The Balaban J connectivity index is 1.96. The number of methoxy groups -OCH3 is 1. The maximum atomic E-state index is 11.1. The third-order valence-electron chi connectivity index (χ3n) is 4.12. The van der Waals surface area contributed by atoms with Crippen molar-refractivity contribution in [3.63, 3.8) is 0 Å². The number of fused-ring (bicyclic) bond motifs is 1. The molecular weight excluding hydrogens is 307 g/mol. The number of aliphatic hydroxyl groups is 1. The van der Waals surface area contributed by atoms with Gasteiger partial charge in [0.2, 0.25) is 0 Å². The number of hydrogen-bond acceptors (Lipinski definition) is 2. The summed E-state index contributed by atoms with van der Waals surface area (Å²) in [5.41, 5.74) is 2.11. The number of benzene rings is 2. The molecule has 1 N–H and O–H groups in total. The minimum Gasteiger partial charge on any atom is -0.497 e. The van der Waals surface area contributed by atoms with E-state index < -0.39 is 5.60 Å². The van der Waals surface area contributed by atoms with Crippen LogP contribution in [0.2, 0.25) is 10.0 Å². The van der Waals surface area contributed by atoms with E-state index in [9.17, 15) is 5.11 Å². The predicted octanol–water partition coefficient (Wildman–Crippen LogP) is 4.38. The molecule has 0 aromatic heterocycles. The maximum absolute atomic E-state index is 11.1. The molecule has 1 aliphatic carbocycles. The second kappa shape index (κ2) is 5.53. The molecule has 0 spiro atoms. The zero-order chi connectivity index (χ0) is 15.0. The summed E-state index contributed by atoms with van der Waals surface area (Å²) in [7, 11) is 1.63. The zero-order valence-electron chi connectivity index (χ0n) is 11.7. The smallest absolute Gasteiger partial charge is 0.119 e. The molecule has 2 nitrogen and oxygen atoms in total. The predicted molar refractivity (Wildman–Crippen MR) is 85.4 cm³/mol. The Morgan fingerprint density at radius 2 is 2.00 bits per heavy atom. The fourth-order valence-electron chi connectivity index (χ4n) is 2.97. The molecule has 2 aromatic carbocycles. The van der Waals surface area contributed by atoms with Crippen LogP contribution in [-0.4, -0.2) is 12.2 Å². The maximum Gasteiger partial charge on any atom is 0.119 e. The molecule has 0 amide bonds. The fourth-order valence-corrected chi connectivity index (χ4v) is 3.45. The van der Waals surface area contributed by atoms with Crippen LogP contribution in [0.25, 0.3) is 0 Å². The van der Waals surface area contributed by atoms with Gasteiger partial charge in [0.05, 0.1) is 12.7 Å². The van der Waals surface area contributed by atoms with E-state index in [1.807, 2.05) is 24.3 Å². The van der Waals surface area contributed by atoms with Crippen molar-refractivity contribution in [2.45, 2.75) is 24.9 Å². The third kappa shape index (κ3) is 2.76. The minimum absolute atomic E-state index is 0.475. The summed E-state index contributed by atoms with van der Waals surface area (Å²) in [4.78, 5) is 0. The summed E-state index contributed by atoms with van der Waals surface area (Å²) < 4.78 is 5.27. The average Bonchev–Trinajstić information content (AvgIpc) is 2.79. The molecule has 4 heteroatoms. The van der Waals surface area contributed by atoms with Crippen molar-refractivity contribution in [2.24, 2.45) is 0 Å². The van der Waals surface area contributed by atoms with E-state index in [4.69, 9.17) is 27.9 Å². The van der Waals surface area contributed by atoms with Crippen LogP contribution < -0.4 is 4.74 Å². The Morgan fingerprint density at radius 3 is 2.71 bits per heavy atom. The van der Waals surface area contributed by atoms with Gasteiger partial charge in [-0.2, -0.15) is 0 Å². The van der Waals surface area contributed by atoms with Crippen molar-refractivity contribution in [1.82, 2.24) is 0 Å². The molecule has 1 unspecified atom stereocenters. The first-order valence-corrected chi connectivity index (χ1v) is 7.61. The standard InChI is InChI=1S/C17H16Cl2O2/c1-21-14-5-3-11-6-7-17(20,15(11)9-14)10-12-2-4-13(18)8-16(12)19/h2-5,8-9,20H,6-7,10H2,1H3. The fraction of sp³-hybridized carbons (Fsp3) is 0.294. The Morgan fingerprint density at radius 1 is 1.19 bits per heavy atom. The van der Waals surface area contributed by atoms with E-state index in [2.05, 4.69) is 0 Å². The molecule has 0 heterocycles.